The molecule has 0 atom stereocenters. The highest BCUT2D eigenvalue weighted by atomic mass is 35.5. The summed E-state index contributed by atoms with van der Waals surface area (Å²) >= 11 is 5.95. The number of halogens is 1. The van der Waals surface area contributed by atoms with Crippen molar-refractivity contribution >= 4 is 29.2 Å². The Labute approximate surface area is 178 Å². The predicted molar refractivity (Wildman–Crippen MR) is 115 cm³/mol. The Kier molecular flexibility index (Phi) is 6.28. The third kappa shape index (κ3) is 5.10. The topological polar surface area (TPSA) is 95.9 Å². The molecular formula is C23H20ClNO5. The van der Waals surface area contributed by atoms with Crippen LogP contribution in [0.1, 0.15) is 22.3 Å². The van der Waals surface area contributed by atoms with Gasteiger partial charge in [-0.05, 0) is 73.0 Å². The summed E-state index contributed by atoms with van der Waals surface area (Å²) in [5.41, 5.74) is 3.62. The maximum Gasteiger partial charge on any atom is 0.394 e. The third-order valence-corrected chi connectivity index (χ3v) is 4.73. The highest BCUT2D eigenvalue weighted by molar-refractivity contribution is 6.36. The van der Waals surface area contributed by atoms with Crippen LogP contribution in [0.5, 0.6) is 17.2 Å². The first-order chi connectivity index (χ1) is 14.2. The Morgan fingerprint density at radius 3 is 2.23 bits per heavy atom. The van der Waals surface area contributed by atoms with Crippen molar-refractivity contribution in [3.8, 4) is 17.2 Å². The van der Waals surface area contributed by atoms with Crippen LogP contribution in [0.2, 0.25) is 5.02 Å². The maximum atomic E-state index is 11.4. The van der Waals surface area contributed by atoms with Crippen LogP contribution in [0.15, 0.2) is 54.6 Å². The number of carboxylic acid groups (broad SMARTS) is 1. The Morgan fingerprint density at radius 1 is 1.00 bits per heavy atom. The Morgan fingerprint density at radius 2 is 1.63 bits per heavy atom. The smallest absolute Gasteiger partial charge is 0.394 e. The van der Waals surface area contributed by atoms with Gasteiger partial charge in [0, 0.05) is 22.7 Å². The molecule has 0 fully saturated rings. The molecule has 154 valence electrons. The van der Waals surface area contributed by atoms with Gasteiger partial charge in [0.05, 0.1) is 0 Å². The molecular weight excluding hydrogens is 406 g/mol. The average molecular weight is 426 g/mol. The van der Waals surface area contributed by atoms with Gasteiger partial charge in [-0.15, -0.1) is 0 Å². The number of carbonyl (C=O) groups is 2. The van der Waals surface area contributed by atoms with E-state index in [2.05, 4.69) is 5.32 Å². The van der Waals surface area contributed by atoms with Crippen LogP contribution in [0.4, 0.5) is 5.69 Å². The van der Waals surface area contributed by atoms with Gasteiger partial charge in [-0.3, -0.25) is 4.79 Å². The van der Waals surface area contributed by atoms with Crippen molar-refractivity contribution in [2.24, 2.45) is 0 Å². The Balaban J connectivity index is 1.89. The molecule has 0 aliphatic heterocycles. The quantitative estimate of drug-likeness (QED) is 0.496. The fraction of sp³-hybridized carbons (Fsp3) is 0.130. The van der Waals surface area contributed by atoms with E-state index in [0.29, 0.717) is 28.6 Å². The zero-order valence-corrected chi connectivity index (χ0v) is 17.2. The summed E-state index contributed by atoms with van der Waals surface area (Å²) < 4.78 is 6.16. The van der Waals surface area contributed by atoms with Gasteiger partial charge in [-0.25, -0.2) is 4.79 Å². The summed E-state index contributed by atoms with van der Waals surface area (Å²) in [6, 6.07) is 15.6. The molecule has 0 unspecified atom stereocenters. The van der Waals surface area contributed by atoms with Gasteiger partial charge in [0.15, 0.2) is 0 Å². The van der Waals surface area contributed by atoms with E-state index in [1.165, 1.54) is 0 Å². The molecule has 0 radical (unpaired) electrons. The van der Waals surface area contributed by atoms with Crippen molar-refractivity contribution in [1.82, 2.24) is 0 Å². The van der Waals surface area contributed by atoms with Crippen molar-refractivity contribution in [3.05, 3.63) is 81.9 Å². The molecule has 30 heavy (non-hydrogen) atoms. The highest BCUT2D eigenvalue weighted by Crippen LogP contribution is 2.35. The number of anilines is 1. The molecule has 0 spiro atoms. The molecule has 3 rings (SSSR count). The standard InChI is InChI=1S/C23H20ClNO5/c1-13-9-18(25-22(27)23(28)29)10-14(2)21(13)30-20-8-7-19(26)12-16(20)11-15-3-5-17(24)6-4-15/h3-10,12,26H,11H2,1-2H3,(H,25,27)(H,28,29). The second-order valence-electron chi connectivity index (χ2n) is 6.90. The number of hydrogen-bond acceptors (Lipinski definition) is 4. The number of benzene rings is 3. The van der Waals surface area contributed by atoms with Crippen LogP contribution in [-0.2, 0) is 16.0 Å². The van der Waals surface area contributed by atoms with Crippen LogP contribution in [0, 0.1) is 13.8 Å². The number of hydrogen-bond donors (Lipinski definition) is 3. The molecule has 0 bridgehead atoms. The summed E-state index contributed by atoms with van der Waals surface area (Å²) in [5.74, 6) is -1.36. The highest BCUT2D eigenvalue weighted by Gasteiger charge is 2.15. The lowest BCUT2D eigenvalue weighted by Gasteiger charge is -2.17. The van der Waals surface area contributed by atoms with E-state index >= 15 is 0 Å². The second-order valence-corrected chi connectivity index (χ2v) is 7.33. The number of aryl methyl sites for hydroxylation is 2. The maximum absolute atomic E-state index is 11.4. The first kappa shape index (κ1) is 21.2. The lowest BCUT2D eigenvalue weighted by molar-refractivity contribution is -0.147. The largest absolute Gasteiger partial charge is 0.508 e. The van der Waals surface area contributed by atoms with Gasteiger partial charge in [-0.2, -0.15) is 0 Å². The lowest BCUT2D eigenvalue weighted by Crippen LogP contribution is -2.21. The van der Waals surface area contributed by atoms with E-state index in [9.17, 15) is 14.7 Å². The van der Waals surface area contributed by atoms with Gasteiger partial charge in [0.1, 0.15) is 17.2 Å². The minimum absolute atomic E-state index is 0.131. The number of aliphatic carboxylic acids is 1. The number of ether oxygens (including phenoxy) is 1. The predicted octanol–water partition coefficient (Wildman–Crippen LogP) is 5.07. The molecule has 0 heterocycles. The van der Waals surface area contributed by atoms with Gasteiger partial charge >= 0.3 is 11.9 Å². The van der Waals surface area contributed by atoms with E-state index in [0.717, 1.165) is 22.3 Å². The van der Waals surface area contributed by atoms with Crippen LogP contribution in [-0.4, -0.2) is 22.1 Å². The first-order valence-corrected chi connectivity index (χ1v) is 9.50. The van der Waals surface area contributed by atoms with E-state index < -0.39 is 11.9 Å². The first-order valence-electron chi connectivity index (χ1n) is 9.12. The van der Waals surface area contributed by atoms with Crippen molar-refractivity contribution in [2.75, 3.05) is 5.32 Å². The number of rotatable bonds is 5. The molecule has 1 amide bonds. The summed E-state index contributed by atoms with van der Waals surface area (Å²) in [7, 11) is 0. The number of carbonyl (C=O) groups excluding carboxylic acids is 1. The SMILES string of the molecule is Cc1cc(NC(=O)C(=O)O)cc(C)c1Oc1ccc(O)cc1Cc1ccc(Cl)cc1. The number of carboxylic acids is 1. The fourth-order valence-corrected chi connectivity index (χ4v) is 3.23. The number of amides is 1. The van der Waals surface area contributed by atoms with Gasteiger partial charge < -0.3 is 20.3 Å². The van der Waals surface area contributed by atoms with E-state index in [4.69, 9.17) is 21.4 Å². The lowest BCUT2D eigenvalue weighted by atomic mass is 10.0. The minimum Gasteiger partial charge on any atom is -0.508 e. The van der Waals surface area contributed by atoms with E-state index in [-0.39, 0.29) is 5.75 Å². The summed E-state index contributed by atoms with van der Waals surface area (Å²) in [6.45, 7) is 3.61. The van der Waals surface area contributed by atoms with Gasteiger partial charge in [0.25, 0.3) is 0 Å². The second kappa shape index (κ2) is 8.88. The molecule has 0 aliphatic rings. The van der Waals surface area contributed by atoms with Crippen LogP contribution < -0.4 is 10.1 Å². The number of aromatic hydroxyl groups is 1. The van der Waals surface area contributed by atoms with Crippen molar-refractivity contribution in [2.45, 2.75) is 20.3 Å². The van der Waals surface area contributed by atoms with Crippen molar-refractivity contribution in [3.63, 3.8) is 0 Å². The number of phenols is 1. The molecule has 0 saturated carbocycles. The average Bonchev–Trinajstić information content (AvgIpc) is 2.68. The molecule has 0 aliphatic carbocycles. The fourth-order valence-electron chi connectivity index (χ4n) is 3.10. The Hall–Kier alpha value is -3.51. The molecule has 3 aromatic rings. The molecule has 3 N–H and O–H groups in total. The van der Waals surface area contributed by atoms with E-state index in [1.54, 1.807) is 56.3 Å². The molecule has 6 nitrogen and oxygen atoms in total. The zero-order chi connectivity index (χ0) is 21.8. The van der Waals surface area contributed by atoms with E-state index in [1.807, 2.05) is 12.1 Å². The van der Waals surface area contributed by atoms with Crippen LogP contribution in [0.3, 0.4) is 0 Å². The number of nitrogens with one attached hydrogen (secondary N) is 1. The van der Waals surface area contributed by atoms with Crippen LogP contribution in [0.25, 0.3) is 0 Å². The van der Waals surface area contributed by atoms with Crippen molar-refractivity contribution in [1.29, 1.82) is 0 Å². The zero-order valence-electron chi connectivity index (χ0n) is 16.4. The van der Waals surface area contributed by atoms with Crippen LogP contribution >= 0.6 is 11.6 Å². The Bertz CT molecular complexity index is 1090. The summed E-state index contributed by atoms with van der Waals surface area (Å²) in [5, 5.41) is 21.7. The summed E-state index contributed by atoms with van der Waals surface area (Å²) in [4.78, 5) is 22.2. The molecule has 0 aromatic heterocycles. The minimum atomic E-state index is -1.55. The third-order valence-electron chi connectivity index (χ3n) is 4.48. The van der Waals surface area contributed by atoms with Crippen molar-refractivity contribution < 1.29 is 24.5 Å². The monoisotopic (exact) mass is 425 g/mol. The van der Waals surface area contributed by atoms with Gasteiger partial charge in [-0.1, -0.05) is 23.7 Å². The number of phenolic OH excluding ortho intramolecular Hbond substituents is 1. The summed E-state index contributed by atoms with van der Waals surface area (Å²) in [6.07, 6.45) is 0.533. The molecule has 3 aromatic carbocycles. The molecule has 7 heteroatoms. The normalized spacial score (nSPS) is 10.5. The van der Waals surface area contributed by atoms with Gasteiger partial charge in [0.2, 0.25) is 0 Å². The molecule has 0 saturated heterocycles.